The van der Waals surface area contributed by atoms with E-state index in [1.165, 1.54) is 16.7 Å². The zero-order valence-corrected chi connectivity index (χ0v) is 13.8. The molecular formula is C14H26N2O3S. The van der Waals surface area contributed by atoms with Gasteiger partial charge in [-0.1, -0.05) is 27.7 Å². The maximum Gasteiger partial charge on any atom is 0.242 e. The predicted octanol–water partition coefficient (Wildman–Crippen LogP) is 1.45. The first kappa shape index (κ1) is 19.1. The highest BCUT2D eigenvalue weighted by Gasteiger charge is 2.38. The summed E-state index contributed by atoms with van der Waals surface area (Å²) < 4.78 is 0. The largest absolute Gasteiger partial charge is 0.321 e. The molecule has 1 aliphatic heterocycles. The van der Waals surface area contributed by atoms with Crippen molar-refractivity contribution in [2.24, 2.45) is 11.7 Å². The Labute approximate surface area is 125 Å². The van der Waals surface area contributed by atoms with Crippen molar-refractivity contribution in [1.29, 1.82) is 0 Å². The monoisotopic (exact) mass is 302 g/mol. The summed E-state index contributed by atoms with van der Waals surface area (Å²) >= 11 is 1.31. The quantitative estimate of drug-likeness (QED) is 0.751. The third kappa shape index (κ3) is 4.90. The first-order valence-electron chi connectivity index (χ1n) is 7.13. The van der Waals surface area contributed by atoms with E-state index in [9.17, 15) is 14.4 Å². The molecule has 1 rings (SSSR count). The van der Waals surface area contributed by atoms with Gasteiger partial charge in [0.15, 0.2) is 5.78 Å². The average Bonchev–Trinajstić information content (AvgIpc) is 2.71. The molecule has 5 nitrogen and oxygen atoms in total. The molecule has 0 aliphatic carbocycles. The van der Waals surface area contributed by atoms with Crippen LogP contribution in [0.3, 0.4) is 0 Å². The Bertz CT molecular complexity index is 358. The van der Waals surface area contributed by atoms with Gasteiger partial charge >= 0.3 is 0 Å². The minimum Gasteiger partial charge on any atom is -0.321 e. The second-order valence-electron chi connectivity index (χ2n) is 4.67. The number of nitrogens with zero attached hydrogens (tertiary/aromatic N) is 1. The summed E-state index contributed by atoms with van der Waals surface area (Å²) in [7, 11) is 0. The molecule has 0 bridgehead atoms. The molecule has 20 heavy (non-hydrogen) atoms. The highest BCUT2D eigenvalue weighted by Crippen LogP contribution is 2.25. The van der Waals surface area contributed by atoms with E-state index in [2.05, 4.69) is 0 Å². The lowest BCUT2D eigenvalue weighted by molar-refractivity contribution is -0.138. The molecule has 0 aromatic carbocycles. The summed E-state index contributed by atoms with van der Waals surface area (Å²) in [5.74, 6) is -0.0149. The second kappa shape index (κ2) is 9.13. The minimum atomic E-state index is -0.562. The van der Waals surface area contributed by atoms with Crippen LogP contribution < -0.4 is 5.73 Å². The van der Waals surface area contributed by atoms with E-state index in [4.69, 9.17) is 5.73 Å². The van der Waals surface area contributed by atoms with E-state index < -0.39 is 6.04 Å². The van der Waals surface area contributed by atoms with Crippen LogP contribution in [-0.4, -0.2) is 46.1 Å². The molecule has 0 saturated carbocycles. The lowest BCUT2D eigenvalue weighted by Crippen LogP contribution is -2.37. The summed E-state index contributed by atoms with van der Waals surface area (Å²) in [5.41, 5.74) is 5.76. The minimum absolute atomic E-state index is 0.00776. The Balaban J connectivity index is 0.00000172. The van der Waals surface area contributed by atoms with Crippen molar-refractivity contribution in [2.45, 2.75) is 52.3 Å². The number of thioether (sulfide) groups is 1. The summed E-state index contributed by atoms with van der Waals surface area (Å²) in [4.78, 5) is 36.2. The van der Waals surface area contributed by atoms with E-state index in [0.29, 0.717) is 12.3 Å². The summed E-state index contributed by atoms with van der Waals surface area (Å²) in [5, 5.41) is -0.372. The number of Topliss-reactive ketones (excluding diaryl/α,β-unsaturated/α-hetero) is 1. The van der Waals surface area contributed by atoms with Crippen molar-refractivity contribution in [3.63, 3.8) is 0 Å². The van der Waals surface area contributed by atoms with Crippen LogP contribution in [-0.2, 0) is 14.4 Å². The number of carbonyl (C=O) groups excluding carboxylic acids is 3. The fourth-order valence-corrected chi connectivity index (χ4v) is 2.98. The van der Waals surface area contributed by atoms with Crippen LogP contribution in [0.1, 0.15) is 41.0 Å². The van der Waals surface area contributed by atoms with Crippen molar-refractivity contribution < 1.29 is 14.4 Å². The van der Waals surface area contributed by atoms with Crippen LogP contribution in [0.2, 0.25) is 0 Å². The average molecular weight is 302 g/mol. The molecule has 1 aliphatic rings. The number of rotatable bonds is 6. The molecule has 0 aromatic rings. The van der Waals surface area contributed by atoms with Gasteiger partial charge < -0.3 is 5.73 Å². The fraction of sp³-hybridized carbons (Fsp3) is 0.786. The number of amides is 2. The number of carbonyl (C=O) groups is 3. The lowest BCUT2D eigenvalue weighted by Gasteiger charge is -2.15. The third-order valence-electron chi connectivity index (χ3n) is 2.93. The Morgan fingerprint density at radius 1 is 1.40 bits per heavy atom. The molecule has 2 amide bonds. The Morgan fingerprint density at radius 3 is 2.35 bits per heavy atom. The van der Waals surface area contributed by atoms with Gasteiger partial charge in [-0.2, -0.15) is 0 Å². The lowest BCUT2D eigenvalue weighted by atomic mass is 10.0. The van der Waals surface area contributed by atoms with Crippen LogP contribution in [0, 0.1) is 5.92 Å². The van der Waals surface area contributed by atoms with Gasteiger partial charge in [0.2, 0.25) is 11.8 Å². The van der Waals surface area contributed by atoms with Gasteiger partial charge in [0.25, 0.3) is 0 Å². The van der Waals surface area contributed by atoms with E-state index in [1.807, 2.05) is 13.8 Å². The van der Waals surface area contributed by atoms with Gasteiger partial charge in [0, 0.05) is 24.6 Å². The summed E-state index contributed by atoms with van der Waals surface area (Å²) in [6.45, 7) is 9.79. The van der Waals surface area contributed by atoms with Crippen molar-refractivity contribution in [3.8, 4) is 0 Å². The van der Waals surface area contributed by atoms with Gasteiger partial charge in [-0.25, -0.2) is 0 Å². The molecule has 0 radical (unpaired) electrons. The van der Waals surface area contributed by atoms with Crippen LogP contribution in [0.15, 0.2) is 0 Å². The molecule has 116 valence electrons. The topological polar surface area (TPSA) is 80.5 Å². The molecule has 2 atom stereocenters. The van der Waals surface area contributed by atoms with Crippen LogP contribution >= 0.6 is 11.8 Å². The molecule has 2 unspecified atom stereocenters. The molecule has 6 heteroatoms. The Hall–Kier alpha value is -0.880. The van der Waals surface area contributed by atoms with Gasteiger partial charge in [-0.05, 0) is 6.92 Å². The van der Waals surface area contributed by atoms with Crippen LogP contribution in [0.4, 0.5) is 0 Å². The van der Waals surface area contributed by atoms with Crippen molar-refractivity contribution in [1.82, 2.24) is 4.90 Å². The molecule has 1 saturated heterocycles. The van der Waals surface area contributed by atoms with Crippen LogP contribution in [0.5, 0.6) is 0 Å². The maximum atomic E-state index is 11.8. The molecular weight excluding hydrogens is 276 g/mol. The third-order valence-corrected chi connectivity index (χ3v) is 4.25. The number of ketones is 1. The maximum absolute atomic E-state index is 11.8. The number of nitrogens with two attached hydrogens (primary N) is 1. The van der Waals surface area contributed by atoms with Gasteiger partial charge in [-0.3, -0.25) is 19.3 Å². The highest BCUT2D eigenvalue weighted by molar-refractivity contribution is 8.00. The number of hydrogen-bond donors (Lipinski definition) is 1. The van der Waals surface area contributed by atoms with Crippen molar-refractivity contribution >= 4 is 29.4 Å². The molecule has 1 heterocycles. The number of likely N-dealkylation sites (tertiary alicyclic amines) is 1. The van der Waals surface area contributed by atoms with E-state index in [0.717, 1.165) is 0 Å². The highest BCUT2D eigenvalue weighted by atomic mass is 32.2. The first-order chi connectivity index (χ1) is 9.38. The summed E-state index contributed by atoms with van der Waals surface area (Å²) in [6, 6.07) is -0.562. The van der Waals surface area contributed by atoms with Gasteiger partial charge in [0.05, 0.1) is 11.3 Å². The fourth-order valence-electron chi connectivity index (χ4n) is 1.85. The standard InChI is InChI=1S/C12H20N2O3S.C2H6/c1-4-14-10(15)5-9(12(14)17)18-6-8(13)11(16)7(2)3;1-2/h7-9H,4-6,13H2,1-3H3;1-2H3. The SMILES string of the molecule is CC.CCN1C(=O)CC(SCC(N)C(=O)C(C)C)C1=O. The number of imide groups is 1. The molecule has 1 fully saturated rings. The zero-order chi connectivity index (χ0) is 15.9. The molecule has 0 spiro atoms. The van der Waals surface area contributed by atoms with Crippen molar-refractivity contribution in [3.05, 3.63) is 0 Å². The first-order valence-corrected chi connectivity index (χ1v) is 8.18. The normalized spacial score (nSPS) is 19.9. The smallest absolute Gasteiger partial charge is 0.242 e. The molecule has 0 aromatic heterocycles. The predicted molar refractivity (Wildman–Crippen MR) is 82.4 cm³/mol. The second-order valence-corrected chi connectivity index (χ2v) is 5.90. The Morgan fingerprint density at radius 2 is 1.95 bits per heavy atom. The summed E-state index contributed by atoms with van der Waals surface area (Å²) in [6.07, 6.45) is 0.222. The van der Waals surface area contributed by atoms with Crippen LogP contribution in [0.25, 0.3) is 0 Å². The van der Waals surface area contributed by atoms with E-state index in [1.54, 1.807) is 20.8 Å². The number of hydrogen-bond acceptors (Lipinski definition) is 5. The molecule has 2 N–H and O–H groups in total. The van der Waals surface area contributed by atoms with E-state index in [-0.39, 0.29) is 35.2 Å². The zero-order valence-electron chi connectivity index (χ0n) is 13.0. The van der Waals surface area contributed by atoms with Gasteiger partial charge in [0.1, 0.15) is 0 Å². The van der Waals surface area contributed by atoms with E-state index >= 15 is 0 Å². The Kier molecular flexibility index (Phi) is 8.73. The van der Waals surface area contributed by atoms with Gasteiger partial charge in [-0.15, -0.1) is 11.8 Å². The van der Waals surface area contributed by atoms with Crippen molar-refractivity contribution in [2.75, 3.05) is 12.3 Å².